The Balaban J connectivity index is 1.42. The van der Waals surface area contributed by atoms with Crippen LogP contribution in [-0.2, 0) is 17.8 Å². The Morgan fingerprint density at radius 1 is 1.00 bits per heavy atom. The molecular weight excluding hydrogens is 388 g/mol. The Morgan fingerprint density at radius 2 is 1.77 bits per heavy atom. The Bertz CT molecular complexity index is 1170. The Morgan fingerprint density at radius 3 is 2.48 bits per heavy atom. The van der Waals surface area contributed by atoms with Gasteiger partial charge in [-0.2, -0.15) is 0 Å². The molecule has 4 rings (SSSR count). The first kappa shape index (κ1) is 20.5. The normalized spacial score (nSPS) is 10.8. The molecule has 0 atom stereocenters. The minimum Gasteiger partial charge on any atom is -0.356 e. The molecule has 2 aromatic heterocycles. The fraction of sp³-hybridized carbons (Fsp3) is 0.200. The first-order valence-corrected chi connectivity index (χ1v) is 10.3. The third kappa shape index (κ3) is 5.22. The molecule has 1 amide bonds. The number of nitrogens with one attached hydrogen (secondary N) is 1. The van der Waals surface area contributed by atoms with Crippen LogP contribution in [-0.4, -0.2) is 21.0 Å². The highest BCUT2D eigenvalue weighted by Crippen LogP contribution is 2.30. The van der Waals surface area contributed by atoms with Crippen LogP contribution in [0.2, 0.25) is 0 Å². The Hall–Kier alpha value is -3.80. The van der Waals surface area contributed by atoms with Crippen LogP contribution in [0.3, 0.4) is 0 Å². The van der Waals surface area contributed by atoms with Gasteiger partial charge in [-0.25, -0.2) is 9.97 Å². The van der Waals surface area contributed by atoms with E-state index in [1.54, 1.807) is 6.20 Å². The average Bonchev–Trinajstić information content (AvgIpc) is 3.23. The van der Waals surface area contributed by atoms with E-state index < -0.39 is 0 Å². The van der Waals surface area contributed by atoms with Gasteiger partial charge < -0.3 is 9.84 Å². The predicted octanol–water partition coefficient (Wildman–Crippen LogP) is 4.66. The van der Waals surface area contributed by atoms with Crippen molar-refractivity contribution in [1.29, 1.82) is 0 Å². The SMILES string of the molecule is Cc1cc(-c2cnc(C)nc2-c2ccc(CNC(=O)CCc3ccccc3)cc2)on1. The highest BCUT2D eigenvalue weighted by atomic mass is 16.5. The summed E-state index contributed by atoms with van der Waals surface area (Å²) in [7, 11) is 0. The maximum Gasteiger partial charge on any atom is 0.220 e. The van der Waals surface area contributed by atoms with Crippen LogP contribution in [0.1, 0.15) is 29.1 Å². The van der Waals surface area contributed by atoms with Crippen LogP contribution < -0.4 is 5.32 Å². The van der Waals surface area contributed by atoms with E-state index in [4.69, 9.17) is 4.52 Å². The lowest BCUT2D eigenvalue weighted by Gasteiger charge is -2.09. The van der Waals surface area contributed by atoms with Crippen LogP contribution in [0.15, 0.2) is 71.4 Å². The highest BCUT2D eigenvalue weighted by Gasteiger charge is 2.14. The van der Waals surface area contributed by atoms with Crippen LogP contribution in [0.4, 0.5) is 0 Å². The molecule has 0 bridgehead atoms. The smallest absolute Gasteiger partial charge is 0.220 e. The maximum absolute atomic E-state index is 12.2. The largest absolute Gasteiger partial charge is 0.356 e. The minimum absolute atomic E-state index is 0.0438. The molecule has 0 aliphatic rings. The van der Waals surface area contributed by atoms with Crippen molar-refractivity contribution in [2.75, 3.05) is 0 Å². The first-order valence-electron chi connectivity index (χ1n) is 10.3. The van der Waals surface area contributed by atoms with Gasteiger partial charge in [-0.1, -0.05) is 59.8 Å². The molecule has 156 valence electrons. The molecule has 6 heteroatoms. The minimum atomic E-state index is 0.0438. The van der Waals surface area contributed by atoms with Crippen LogP contribution >= 0.6 is 0 Å². The fourth-order valence-corrected chi connectivity index (χ4v) is 3.33. The van der Waals surface area contributed by atoms with Crippen molar-refractivity contribution in [1.82, 2.24) is 20.4 Å². The Labute approximate surface area is 181 Å². The van der Waals surface area contributed by atoms with Gasteiger partial charge in [-0.15, -0.1) is 0 Å². The number of carbonyl (C=O) groups excluding carboxylic acids is 1. The van der Waals surface area contributed by atoms with E-state index in [2.05, 4.69) is 20.4 Å². The van der Waals surface area contributed by atoms with Gasteiger partial charge in [-0.3, -0.25) is 4.79 Å². The summed E-state index contributed by atoms with van der Waals surface area (Å²) in [5, 5.41) is 6.96. The third-order valence-corrected chi connectivity index (χ3v) is 5.00. The lowest BCUT2D eigenvalue weighted by Crippen LogP contribution is -2.22. The molecular formula is C25H24N4O2. The van der Waals surface area contributed by atoms with Crippen molar-refractivity contribution in [3.63, 3.8) is 0 Å². The second-order valence-electron chi connectivity index (χ2n) is 7.47. The van der Waals surface area contributed by atoms with E-state index in [1.165, 1.54) is 5.56 Å². The molecule has 31 heavy (non-hydrogen) atoms. The molecule has 0 radical (unpaired) electrons. The predicted molar refractivity (Wildman–Crippen MR) is 119 cm³/mol. The van der Waals surface area contributed by atoms with E-state index in [0.29, 0.717) is 24.6 Å². The van der Waals surface area contributed by atoms with E-state index in [9.17, 15) is 4.79 Å². The van der Waals surface area contributed by atoms with Crippen molar-refractivity contribution in [2.45, 2.75) is 33.2 Å². The number of hydrogen-bond donors (Lipinski definition) is 1. The molecule has 0 aliphatic carbocycles. The summed E-state index contributed by atoms with van der Waals surface area (Å²) in [6, 6.07) is 19.9. The molecule has 2 heterocycles. The number of aromatic nitrogens is 3. The van der Waals surface area contributed by atoms with E-state index in [-0.39, 0.29) is 5.91 Å². The molecule has 0 aliphatic heterocycles. The van der Waals surface area contributed by atoms with Gasteiger partial charge in [0.05, 0.1) is 17.0 Å². The number of benzene rings is 2. The number of aryl methyl sites for hydroxylation is 3. The zero-order valence-corrected chi connectivity index (χ0v) is 17.6. The highest BCUT2D eigenvalue weighted by molar-refractivity contribution is 5.78. The molecule has 6 nitrogen and oxygen atoms in total. The van der Waals surface area contributed by atoms with Crippen molar-refractivity contribution in [3.8, 4) is 22.6 Å². The summed E-state index contributed by atoms with van der Waals surface area (Å²) >= 11 is 0. The van der Waals surface area contributed by atoms with Gasteiger partial charge in [-0.05, 0) is 31.4 Å². The summed E-state index contributed by atoms with van der Waals surface area (Å²) < 4.78 is 5.42. The fourth-order valence-electron chi connectivity index (χ4n) is 3.33. The maximum atomic E-state index is 12.2. The number of nitrogens with zero attached hydrogens (tertiary/aromatic N) is 3. The second-order valence-corrected chi connectivity index (χ2v) is 7.47. The molecule has 0 fully saturated rings. The number of carbonyl (C=O) groups is 1. The van der Waals surface area contributed by atoms with Gasteiger partial charge >= 0.3 is 0 Å². The van der Waals surface area contributed by atoms with Crippen LogP contribution in [0.5, 0.6) is 0 Å². The van der Waals surface area contributed by atoms with Gasteiger partial charge in [0.2, 0.25) is 5.91 Å². The van der Waals surface area contributed by atoms with Crippen molar-refractivity contribution < 1.29 is 9.32 Å². The zero-order valence-electron chi connectivity index (χ0n) is 17.6. The molecule has 1 N–H and O–H groups in total. The lowest BCUT2D eigenvalue weighted by molar-refractivity contribution is -0.121. The lowest BCUT2D eigenvalue weighted by atomic mass is 10.0. The van der Waals surface area contributed by atoms with Crippen molar-refractivity contribution in [3.05, 3.63) is 89.5 Å². The summed E-state index contributed by atoms with van der Waals surface area (Å²) in [4.78, 5) is 21.1. The summed E-state index contributed by atoms with van der Waals surface area (Å²) in [6.45, 7) is 4.23. The van der Waals surface area contributed by atoms with Gasteiger partial charge in [0.25, 0.3) is 0 Å². The van der Waals surface area contributed by atoms with Crippen molar-refractivity contribution >= 4 is 5.91 Å². The van der Waals surface area contributed by atoms with Gasteiger partial charge in [0, 0.05) is 30.8 Å². The summed E-state index contributed by atoms with van der Waals surface area (Å²) in [6.07, 6.45) is 2.98. The number of amides is 1. The van der Waals surface area contributed by atoms with E-state index in [0.717, 1.165) is 34.5 Å². The third-order valence-electron chi connectivity index (χ3n) is 5.00. The van der Waals surface area contributed by atoms with Crippen molar-refractivity contribution in [2.24, 2.45) is 0 Å². The van der Waals surface area contributed by atoms with Crippen LogP contribution in [0.25, 0.3) is 22.6 Å². The van der Waals surface area contributed by atoms with Gasteiger partial charge in [0.1, 0.15) is 5.82 Å². The topological polar surface area (TPSA) is 80.9 Å². The quantitative estimate of drug-likeness (QED) is 0.477. The molecule has 0 unspecified atom stereocenters. The van der Waals surface area contributed by atoms with Gasteiger partial charge in [0.15, 0.2) is 5.76 Å². The molecule has 0 saturated carbocycles. The molecule has 4 aromatic rings. The standard InChI is InChI=1S/C25H24N4O2/c1-17-14-23(31-29-17)22-16-26-18(2)28-25(22)21-11-8-20(9-12-21)15-27-24(30)13-10-19-6-4-3-5-7-19/h3-9,11-12,14,16H,10,13,15H2,1-2H3,(H,27,30). The molecule has 0 spiro atoms. The monoisotopic (exact) mass is 412 g/mol. The zero-order chi connectivity index (χ0) is 21.6. The van der Waals surface area contributed by atoms with E-state index >= 15 is 0 Å². The number of rotatable bonds is 7. The average molecular weight is 412 g/mol. The molecule has 2 aromatic carbocycles. The second kappa shape index (κ2) is 9.34. The molecule has 0 saturated heterocycles. The van der Waals surface area contributed by atoms with E-state index in [1.807, 2.05) is 74.5 Å². The van der Waals surface area contributed by atoms with Crippen LogP contribution in [0, 0.1) is 13.8 Å². The Kier molecular flexibility index (Phi) is 6.17. The summed E-state index contributed by atoms with van der Waals surface area (Å²) in [5.74, 6) is 1.37. The number of hydrogen-bond acceptors (Lipinski definition) is 5. The summed E-state index contributed by atoms with van der Waals surface area (Å²) in [5.41, 5.74) is 5.54. The first-order chi connectivity index (χ1) is 15.1.